The Morgan fingerprint density at radius 1 is 1.26 bits per heavy atom. The van der Waals surface area contributed by atoms with Crippen molar-refractivity contribution in [2.24, 2.45) is 0 Å². The molecule has 0 bridgehead atoms. The molecule has 176 valence electrons. The van der Waals surface area contributed by atoms with Gasteiger partial charge in [0.25, 0.3) is 6.47 Å². The van der Waals surface area contributed by atoms with Gasteiger partial charge in [-0.1, -0.05) is 0 Å². The number of hydrogen-bond donors (Lipinski definition) is 1. The van der Waals surface area contributed by atoms with Crippen LogP contribution in [0.5, 0.6) is 0 Å². The average molecular weight is 465 g/mol. The number of carbonyl (C=O) groups is 1. The minimum absolute atomic E-state index is 0.0362. The molecule has 1 aromatic carbocycles. The number of rotatable bonds is 6. The van der Waals surface area contributed by atoms with Crippen LogP contribution in [0.15, 0.2) is 42.9 Å². The van der Waals surface area contributed by atoms with Gasteiger partial charge in [0, 0.05) is 48.5 Å². The van der Waals surface area contributed by atoms with Gasteiger partial charge < -0.3 is 19.7 Å². The number of morpholine rings is 1. The van der Waals surface area contributed by atoms with Gasteiger partial charge in [-0.25, -0.2) is 9.37 Å². The number of halogens is 1. The SMILES string of the molecule is CCOC=O.Cc1cncc(-c2cnc(Nc3ccc(F)c(C#N)c3)nc2N2CCOCC2)c1. The van der Waals surface area contributed by atoms with Gasteiger partial charge >= 0.3 is 0 Å². The number of aromatic nitrogens is 3. The predicted molar refractivity (Wildman–Crippen MR) is 125 cm³/mol. The van der Waals surface area contributed by atoms with E-state index in [4.69, 9.17) is 15.0 Å². The first-order chi connectivity index (χ1) is 16.5. The van der Waals surface area contributed by atoms with Crippen molar-refractivity contribution in [2.45, 2.75) is 13.8 Å². The molecule has 1 saturated heterocycles. The van der Waals surface area contributed by atoms with E-state index >= 15 is 0 Å². The fourth-order valence-corrected chi connectivity index (χ4v) is 3.24. The molecule has 3 heterocycles. The van der Waals surface area contributed by atoms with Crippen LogP contribution >= 0.6 is 0 Å². The van der Waals surface area contributed by atoms with Crippen molar-refractivity contribution in [3.05, 3.63) is 59.8 Å². The zero-order valence-electron chi connectivity index (χ0n) is 19.0. The predicted octanol–water partition coefficient (Wildman–Crippen LogP) is 3.62. The topological polar surface area (TPSA) is 113 Å². The molecule has 9 nitrogen and oxygen atoms in total. The number of hydrogen-bond acceptors (Lipinski definition) is 9. The van der Waals surface area contributed by atoms with Crippen molar-refractivity contribution < 1.29 is 18.7 Å². The summed E-state index contributed by atoms with van der Waals surface area (Å²) in [5.41, 5.74) is 3.37. The Kier molecular flexibility index (Phi) is 8.82. The summed E-state index contributed by atoms with van der Waals surface area (Å²) in [5, 5.41) is 12.1. The Morgan fingerprint density at radius 2 is 2.06 bits per heavy atom. The summed E-state index contributed by atoms with van der Waals surface area (Å²) in [6.07, 6.45) is 5.35. The monoisotopic (exact) mass is 464 g/mol. The molecule has 1 N–H and O–H groups in total. The van der Waals surface area contributed by atoms with Gasteiger partial charge in [0.1, 0.15) is 17.7 Å². The van der Waals surface area contributed by atoms with E-state index in [1.165, 1.54) is 12.1 Å². The molecular weight excluding hydrogens is 439 g/mol. The smallest absolute Gasteiger partial charge is 0.293 e. The number of ether oxygens (including phenoxy) is 2. The molecule has 3 aromatic rings. The van der Waals surface area contributed by atoms with Crippen LogP contribution in [0.3, 0.4) is 0 Å². The molecule has 0 unspecified atom stereocenters. The Balaban J connectivity index is 0.000000588. The summed E-state index contributed by atoms with van der Waals surface area (Å²) in [6, 6.07) is 8.11. The summed E-state index contributed by atoms with van der Waals surface area (Å²) >= 11 is 0. The Hall–Kier alpha value is -4.10. The van der Waals surface area contributed by atoms with Gasteiger partial charge in [0.2, 0.25) is 5.95 Å². The molecular formula is C24H25FN6O3. The van der Waals surface area contributed by atoms with Crippen LogP contribution in [0, 0.1) is 24.1 Å². The molecule has 1 aliphatic heterocycles. The van der Waals surface area contributed by atoms with Crippen molar-refractivity contribution in [1.29, 1.82) is 5.26 Å². The second-order valence-corrected chi connectivity index (χ2v) is 7.26. The maximum Gasteiger partial charge on any atom is 0.293 e. The van der Waals surface area contributed by atoms with E-state index in [1.807, 2.05) is 19.1 Å². The number of pyridine rings is 1. The maximum atomic E-state index is 13.6. The standard InChI is InChI=1S/C21H19FN6O.C3H6O2/c1-14-8-16(12-24-11-14)18-13-25-21(27-20(18)28-4-6-29-7-5-28)26-17-2-3-19(22)15(9-17)10-23;1-2-5-3-4/h2-3,8-9,11-13H,4-7H2,1H3,(H,25,26,27);3H,2H2,1H3. The number of nitrogens with one attached hydrogen (secondary N) is 1. The zero-order valence-corrected chi connectivity index (χ0v) is 19.0. The zero-order chi connectivity index (χ0) is 24.3. The highest BCUT2D eigenvalue weighted by Gasteiger charge is 2.19. The number of anilines is 3. The molecule has 0 spiro atoms. The summed E-state index contributed by atoms with van der Waals surface area (Å²) in [7, 11) is 0. The van der Waals surface area contributed by atoms with Crippen LogP contribution in [0.1, 0.15) is 18.1 Å². The van der Waals surface area contributed by atoms with Gasteiger partial charge in [-0.3, -0.25) is 9.78 Å². The third-order valence-corrected chi connectivity index (χ3v) is 4.84. The van der Waals surface area contributed by atoms with Crippen molar-refractivity contribution in [1.82, 2.24) is 15.0 Å². The van der Waals surface area contributed by atoms with Crippen molar-refractivity contribution in [2.75, 3.05) is 43.1 Å². The quantitative estimate of drug-likeness (QED) is 0.546. The highest BCUT2D eigenvalue weighted by Crippen LogP contribution is 2.31. The van der Waals surface area contributed by atoms with E-state index in [0.29, 0.717) is 37.9 Å². The van der Waals surface area contributed by atoms with E-state index in [9.17, 15) is 9.18 Å². The number of nitriles is 1. The lowest BCUT2D eigenvalue weighted by atomic mass is 10.1. The fourth-order valence-electron chi connectivity index (χ4n) is 3.24. The summed E-state index contributed by atoms with van der Waals surface area (Å²) in [4.78, 5) is 24.8. The van der Waals surface area contributed by atoms with Gasteiger partial charge in [-0.05, 0) is 43.7 Å². The van der Waals surface area contributed by atoms with Crippen molar-refractivity contribution in [3.63, 3.8) is 0 Å². The molecule has 34 heavy (non-hydrogen) atoms. The van der Waals surface area contributed by atoms with Gasteiger partial charge in [0.05, 0.1) is 25.4 Å². The van der Waals surface area contributed by atoms with Crippen LogP contribution < -0.4 is 10.2 Å². The Morgan fingerprint density at radius 3 is 2.71 bits per heavy atom. The highest BCUT2D eigenvalue weighted by atomic mass is 19.1. The van der Waals surface area contributed by atoms with E-state index < -0.39 is 5.82 Å². The first-order valence-electron chi connectivity index (χ1n) is 10.7. The maximum absolute atomic E-state index is 13.6. The minimum atomic E-state index is -0.560. The van der Waals surface area contributed by atoms with Crippen LogP contribution in [0.4, 0.5) is 21.8 Å². The minimum Gasteiger partial charge on any atom is -0.468 e. The van der Waals surface area contributed by atoms with Crippen LogP contribution in [0.2, 0.25) is 0 Å². The number of nitrogens with zero attached hydrogens (tertiary/aromatic N) is 5. The summed E-state index contributed by atoms with van der Waals surface area (Å²) in [5.74, 6) is 0.586. The van der Waals surface area contributed by atoms with Gasteiger partial charge in [-0.15, -0.1) is 0 Å². The largest absolute Gasteiger partial charge is 0.468 e. The molecule has 1 fully saturated rings. The highest BCUT2D eigenvalue weighted by molar-refractivity contribution is 5.76. The molecule has 0 radical (unpaired) electrons. The second-order valence-electron chi connectivity index (χ2n) is 7.26. The first kappa shape index (κ1) is 24.5. The normalized spacial score (nSPS) is 12.7. The molecule has 10 heteroatoms. The Labute approximate surface area is 197 Å². The molecule has 0 atom stereocenters. The number of benzene rings is 1. The number of carbonyl (C=O) groups excluding carboxylic acids is 1. The lowest BCUT2D eigenvalue weighted by molar-refractivity contribution is -0.128. The molecule has 2 aromatic heterocycles. The second kappa shape index (κ2) is 12.2. The van der Waals surface area contributed by atoms with Crippen LogP contribution in [-0.2, 0) is 14.3 Å². The third kappa shape index (κ3) is 6.46. The van der Waals surface area contributed by atoms with Gasteiger partial charge in [0.15, 0.2) is 0 Å². The van der Waals surface area contributed by atoms with E-state index in [2.05, 4.69) is 24.9 Å². The molecule has 0 saturated carbocycles. The van der Waals surface area contributed by atoms with Crippen molar-refractivity contribution >= 4 is 23.9 Å². The lowest BCUT2D eigenvalue weighted by Gasteiger charge is -2.29. The van der Waals surface area contributed by atoms with Gasteiger partial charge in [-0.2, -0.15) is 10.2 Å². The lowest BCUT2D eigenvalue weighted by Crippen LogP contribution is -2.37. The Bertz CT molecular complexity index is 1160. The van der Waals surface area contributed by atoms with E-state index in [-0.39, 0.29) is 5.56 Å². The average Bonchev–Trinajstić information content (AvgIpc) is 2.86. The molecule has 0 amide bonds. The first-order valence-corrected chi connectivity index (χ1v) is 10.7. The third-order valence-electron chi connectivity index (χ3n) is 4.84. The summed E-state index contributed by atoms with van der Waals surface area (Å²) < 4.78 is 23.2. The fraction of sp³-hybridized carbons (Fsp3) is 0.292. The van der Waals surface area contributed by atoms with Crippen molar-refractivity contribution in [3.8, 4) is 17.2 Å². The van der Waals surface area contributed by atoms with Crippen LogP contribution in [-0.4, -0.2) is 54.3 Å². The van der Waals surface area contributed by atoms with E-state index in [1.54, 1.807) is 31.6 Å². The van der Waals surface area contributed by atoms with Crippen LogP contribution in [0.25, 0.3) is 11.1 Å². The molecule has 4 rings (SSSR count). The number of aryl methyl sites for hydroxylation is 1. The molecule has 1 aliphatic rings. The molecule has 0 aliphatic carbocycles. The summed E-state index contributed by atoms with van der Waals surface area (Å²) in [6.45, 7) is 7.35. The van der Waals surface area contributed by atoms with E-state index in [0.717, 1.165) is 35.6 Å².